The topological polar surface area (TPSA) is 116 Å². The molecule has 1 aromatic carbocycles. The van der Waals surface area contributed by atoms with E-state index in [-0.39, 0.29) is 28.7 Å². The van der Waals surface area contributed by atoms with Gasteiger partial charge in [-0.15, -0.1) is 0 Å². The normalized spacial score (nSPS) is 16.9. The van der Waals surface area contributed by atoms with Crippen molar-refractivity contribution in [1.82, 2.24) is 0 Å². The van der Waals surface area contributed by atoms with Crippen LogP contribution in [0.25, 0.3) is 0 Å². The molecule has 0 atom stereocenters. The van der Waals surface area contributed by atoms with E-state index in [1.807, 2.05) is 0 Å². The summed E-state index contributed by atoms with van der Waals surface area (Å²) in [6.07, 6.45) is 4.99. The second kappa shape index (κ2) is 7.53. The van der Waals surface area contributed by atoms with Gasteiger partial charge in [-0.05, 0) is 38.0 Å². The van der Waals surface area contributed by atoms with Crippen LogP contribution >= 0.6 is 0 Å². The van der Waals surface area contributed by atoms with Gasteiger partial charge in [-0.1, -0.05) is 19.3 Å². The van der Waals surface area contributed by atoms with Gasteiger partial charge in [-0.25, -0.2) is 13.2 Å². The van der Waals surface area contributed by atoms with Crippen molar-refractivity contribution in [2.24, 2.45) is 5.73 Å². The van der Waals surface area contributed by atoms with Gasteiger partial charge in [0.25, 0.3) is 0 Å². The Hall–Kier alpha value is -1.93. The van der Waals surface area contributed by atoms with E-state index >= 15 is 0 Å². The number of ether oxygens (including phenoxy) is 1. The van der Waals surface area contributed by atoms with Gasteiger partial charge in [-0.3, -0.25) is 4.79 Å². The fourth-order valence-electron chi connectivity index (χ4n) is 2.88. The van der Waals surface area contributed by atoms with Crippen molar-refractivity contribution in [3.05, 3.63) is 23.8 Å². The number of nitrogens with two attached hydrogens (primary N) is 1. The summed E-state index contributed by atoms with van der Waals surface area (Å²) in [5, 5.41) is 2.67. The van der Waals surface area contributed by atoms with Gasteiger partial charge >= 0.3 is 5.97 Å². The largest absolute Gasteiger partial charge is 0.462 e. The van der Waals surface area contributed by atoms with Crippen LogP contribution in [0.3, 0.4) is 0 Å². The first kappa shape index (κ1) is 19.4. The van der Waals surface area contributed by atoms with Crippen LogP contribution < -0.4 is 11.1 Å². The standard InChI is InChI=1S/C17H24N2O5S/c1-3-24-15(20)12-9-13(11-14(10-12)25(2,22)23)19-16(21)17(18)7-5-4-6-8-17/h9-11H,3-8,18H2,1-2H3,(H,19,21). The fourth-order valence-corrected chi connectivity index (χ4v) is 3.56. The zero-order valence-electron chi connectivity index (χ0n) is 14.5. The Kier molecular flexibility index (Phi) is 5.84. The Morgan fingerprint density at radius 3 is 2.40 bits per heavy atom. The molecule has 1 aliphatic carbocycles. The van der Waals surface area contributed by atoms with E-state index in [0.717, 1.165) is 25.5 Å². The van der Waals surface area contributed by atoms with E-state index in [4.69, 9.17) is 10.5 Å². The molecule has 1 fully saturated rings. The molecule has 0 bridgehead atoms. The third kappa shape index (κ3) is 4.79. The molecule has 8 heteroatoms. The highest BCUT2D eigenvalue weighted by Crippen LogP contribution is 2.28. The molecule has 0 spiro atoms. The molecule has 0 saturated heterocycles. The number of sulfone groups is 1. The molecule has 0 radical (unpaired) electrons. The molecule has 0 aliphatic heterocycles. The summed E-state index contributed by atoms with van der Waals surface area (Å²) in [6, 6.07) is 3.96. The van der Waals surface area contributed by atoms with Crippen LogP contribution in [0.2, 0.25) is 0 Å². The van der Waals surface area contributed by atoms with Crippen LogP contribution in [0.5, 0.6) is 0 Å². The van der Waals surface area contributed by atoms with Gasteiger partial charge in [0.05, 0.1) is 22.6 Å². The first-order chi connectivity index (χ1) is 11.7. The maximum atomic E-state index is 12.6. The molecular formula is C17H24N2O5S. The lowest BCUT2D eigenvalue weighted by Gasteiger charge is -2.31. The summed E-state index contributed by atoms with van der Waals surface area (Å²) >= 11 is 0. The lowest BCUT2D eigenvalue weighted by Crippen LogP contribution is -2.52. The minimum atomic E-state index is -3.56. The first-order valence-corrected chi connectivity index (χ1v) is 10.2. The number of rotatable bonds is 5. The van der Waals surface area contributed by atoms with Crippen LogP contribution in [-0.2, 0) is 19.4 Å². The summed E-state index contributed by atoms with van der Waals surface area (Å²) < 4.78 is 28.7. The highest BCUT2D eigenvalue weighted by atomic mass is 32.2. The van der Waals surface area contributed by atoms with Crippen molar-refractivity contribution >= 4 is 27.4 Å². The monoisotopic (exact) mass is 368 g/mol. The third-order valence-electron chi connectivity index (χ3n) is 4.30. The molecule has 0 unspecified atom stereocenters. The number of anilines is 1. The minimum absolute atomic E-state index is 0.0646. The summed E-state index contributed by atoms with van der Waals surface area (Å²) in [4.78, 5) is 24.5. The number of hydrogen-bond acceptors (Lipinski definition) is 6. The number of amides is 1. The molecule has 0 heterocycles. The van der Waals surface area contributed by atoms with Gasteiger partial charge in [0.15, 0.2) is 9.84 Å². The zero-order valence-corrected chi connectivity index (χ0v) is 15.3. The van der Waals surface area contributed by atoms with Crippen molar-refractivity contribution in [1.29, 1.82) is 0 Å². The summed E-state index contributed by atoms with van der Waals surface area (Å²) in [6.45, 7) is 1.82. The average molecular weight is 368 g/mol. The van der Waals surface area contributed by atoms with Crippen LogP contribution in [0.1, 0.15) is 49.4 Å². The molecule has 1 aliphatic rings. The second-order valence-corrected chi connectivity index (χ2v) is 8.43. The van der Waals surface area contributed by atoms with Gasteiger partial charge in [0.2, 0.25) is 5.91 Å². The van der Waals surface area contributed by atoms with E-state index in [1.165, 1.54) is 18.2 Å². The zero-order chi connectivity index (χ0) is 18.7. The van der Waals surface area contributed by atoms with Crippen LogP contribution in [0, 0.1) is 0 Å². The predicted octanol–water partition coefficient (Wildman–Crippen LogP) is 1.87. The molecule has 25 heavy (non-hydrogen) atoms. The molecule has 7 nitrogen and oxygen atoms in total. The maximum Gasteiger partial charge on any atom is 0.338 e. The number of benzene rings is 1. The van der Waals surface area contributed by atoms with Crippen molar-refractivity contribution < 1.29 is 22.7 Å². The number of carbonyl (C=O) groups excluding carboxylic acids is 2. The second-order valence-electron chi connectivity index (χ2n) is 6.41. The minimum Gasteiger partial charge on any atom is -0.462 e. The molecule has 1 amide bonds. The molecular weight excluding hydrogens is 344 g/mol. The van der Waals surface area contributed by atoms with Crippen molar-refractivity contribution in [3.8, 4) is 0 Å². The predicted molar refractivity (Wildman–Crippen MR) is 94.1 cm³/mol. The fraction of sp³-hybridized carbons (Fsp3) is 0.529. The van der Waals surface area contributed by atoms with Crippen LogP contribution in [0.15, 0.2) is 23.1 Å². The lowest BCUT2D eigenvalue weighted by molar-refractivity contribution is -0.122. The third-order valence-corrected chi connectivity index (χ3v) is 5.39. The Morgan fingerprint density at radius 2 is 1.84 bits per heavy atom. The van der Waals surface area contributed by atoms with E-state index in [2.05, 4.69) is 5.32 Å². The van der Waals surface area contributed by atoms with Gasteiger partial charge in [-0.2, -0.15) is 0 Å². The van der Waals surface area contributed by atoms with Gasteiger partial charge in [0.1, 0.15) is 0 Å². The highest BCUT2D eigenvalue weighted by Gasteiger charge is 2.35. The van der Waals surface area contributed by atoms with E-state index in [9.17, 15) is 18.0 Å². The van der Waals surface area contributed by atoms with Gasteiger partial charge < -0.3 is 15.8 Å². The van der Waals surface area contributed by atoms with Crippen molar-refractivity contribution in [3.63, 3.8) is 0 Å². The Labute approximate surface area is 147 Å². The maximum absolute atomic E-state index is 12.6. The molecule has 3 N–H and O–H groups in total. The number of nitrogens with one attached hydrogen (secondary N) is 1. The Balaban J connectivity index is 2.34. The number of carbonyl (C=O) groups is 2. The van der Waals surface area contributed by atoms with Crippen LogP contribution in [-0.4, -0.2) is 38.7 Å². The SMILES string of the molecule is CCOC(=O)c1cc(NC(=O)C2(N)CCCCC2)cc(S(C)(=O)=O)c1. The van der Waals surface area contributed by atoms with E-state index < -0.39 is 21.3 Å². The summed E-state index contributed by atoms with van der Waals surface area (Å²) in [5.41, 5.74) is 5.51. The molecule has 1 saturated carbocycles. The summed E-state index contributed by atoms with van der Waals surface area (Å²) in [7, 11) is -3.56. The quantitative estimate of drug-likeness (QED) is 0.767. The molecule has 2 rings (SSSR count). The molecule has 1 aromatic rings. The smallest absolute Gasteiger partial charge is 0.338 e. The van der Waals surface area contributed by atoms with E-state index in [0.29, 0.717) is 12.8 Å². The Morgan fingerprint density at radius 1 is 1.20 bits per heavy atom. The first-order valence-electron chi connectivity index (χ1n) is 8.28. The van der Waals surface area contributed by atoms with E-state index in [1.54, 1.807) is 6.92 Å². The number of hydrogen-bond donors (Lipinski definition) is 2. The molecule has 138 valence electrons. The number of esters is 1. The molecule has 0 aromatic heterocycles. The summed E-state index contributed by atoms with van der Waals surface area (Å²) in [5.74, 6) is -1.02. The van der Waals surface area contributed by atoms with Gasteiger partial charge in [0, 0.05) is 11.9 Å². The van der Waals surface area contributed by atoms with Crippen molar-refractivity contribution in [2.45, 2.75) is 49.5 Å². The average Bonchev–Trinajstić information content (AvgIpc) is 2.54. The van der Waals surface area contributed by atoms with Crippen LogP contribution in [0.4, 0.5) is 5.69 Å². The van der Waals surface area contributed by atoms with Crippen molar-refractivity contribution in [2.75, 3.05) is 18.2 Å². The lowest BCUT2D eigenvalue weighted by atomic mass is 9.82. The highest BCUT2D eigenvalue weighted by molar-refractivity contribution is 7.90. The Bertz CT molecular complexity index is 767.